The fourth-order valence-electron chi connectivity index (χ4n) is 2.70. The summed E-state index contributed by atoms with van der Waals surface area (Å²) in [6, 6.07) is 0. The Bertz CT molecular complexity index is 491. The molecule has 1 atom stereocenters. The number of thiazole rings is 1. The number of carbonyl (C=O) groups is 1. The van der Waals surface area contributed by atoms with Gasteiger partial charge in [0.1, 0.15) is 5.92 Å². The first-order valence-corrected chi connectivity index (χ1v) is 7.29. The molecular weight excluding hydrogens is 248 g/mol. The number of anilines is 1. The number of fused-ring (bicyclic) bond motifs is 1. The van der Waals surface area contributed by atoms with Crippen molar-refractivity contribution in [3.05, 3.63) is 10.6 Å². The van der Waals surface area contributed by atoms with Gasteiger partial charge in [-0.25, -0.2) is 4.98 Å². The second kappa shape index (κ2) is 3.95. The number of carboxylic acids is 1. The van der Waals surface area contributed by atoms with Crippen LogP contribution in [-0.2, 0) is 11.2 Å². The maximum Gasteiger partial charge on any atom is 0.312 e. The van der Waals surface area contributed by atoms with Gasteiger partial charge in [-0.3, -0.25) is 4.79 Å². The maximum atomic E-state index is 11.1. The van der Waals surface area contributed by atoms with Gasteiger partial charge in [-0.2, -0.15) is 0 Å². The third-order valence-electron chi connectivity index (χ3n) is 4.04. The molecule has 18 heavy (non-hydrogen) atoms. The van der Waals surface area contributed by atoms with E-state index in [1.807, 2.05) is 0 Å². The summed E-state index contributed by atoms with van der Waals surface area (Å²) >= 11 is 1.63. The molecule has 0 aromatic carbocycles. The summed E-state index contributed by atoms with van der Waals surface area (Å²) in [5.41, 5.74) is 0.867. The molecule has 0 amide bonds. The zero-order valence-corrected chi connectivity index (χ0v) is 11.5. The van der Waals surface area contributed by atoms with Crippen molar-refractivity contribution in [2.75, 3.05) is 5.32 Å². The summed E-state index contributed by atoms with van der Waals surface area (Å²) in [5, 5.41) is 13.5. The Hall–Kier alpha value is -1.10. The standard InChI is InChI=1S/C13H18N2O2S/c1-13(2,7-3-4-7)15-12-14-10-8(11(16)17)5-6-9(10)18-12/h7-8H,3-6H2,1-2H3,(H,14,15)(H,16,17). The largest absolute Gasteiger partial charge is 0.481 e. The Kier molecular flexibility index (Phi) is 2.62. The predicted molar refractivity (Wildman–Crippen MR) is 71.2 cm³/mol. The summed E-state index contributed by atoms with van der Waals surface area (Å²) in [7, 11) is 0. The summed E-state index contributed by atoms with van der Waals surface area (Å²) in [5.74, 6) is -0.408. The molecule has 0 saturated heterocycles. The van der Waals surface area contributed by atoms with Crippen LogP contribution in [0, 0.1) is 5.92 Å². The highest BCUT2D eigenvalue weighted by atomic mass is 32.1. The molecule has 4 nitrogen and oxygen atoms in total. The first kappa shape index (κ1) is 12.0. The summed E-state index contributed by atoms with van der Waals surface area (Å²) < 4.78 is 0. The number of aliphatic carboxylic acids is 1. The number of nitrogens with zero attached hydrogens (tertiary/aromatic N) is 1. The molecule has 1 aromatic rings. The highest BCUT2D eigenvalue weighted by molar-refractivity contribution is 7.15. The molecule has 0 bridgehead atoms. The minimum absolute atomic E-state index is 0.0737. The third-order valence-corrected chi connectivity index (χ3v) is 5.09. The fraction of sp³-hybridized carbons (Fsp3) is 0.692. The van der Waals surface area contributed by atoms with Crippen molar-refractivity contribution < 1.29 is 9.90 Å². The Morgan fingerprint density at radius 3 is 2.78 bits per heavy atom. The second-order valence-corrected chi connectivity index (χ2v) is 6.96. The smallest absolute Gasteiger partial charge is 0.312 e. The molecule has 2 aliphatic rings. The molecule has 1 fully saturated rings. The highest BCUT2D eigenvalue weighted by Crippen LogP contribution is 2.43. The maximum absolute atomic E-state index is 11.1. The zero-order chi connectivity index (χ0) is 12.9. The van der Waals surface area contributed by atoms with Crippen LogP contribution in [0.3, 0.4) is 0 Å². The number of hydrogen-bond acceptors (Lipinski definition) is 4. The van der Waals surface area contributed by atoms with Crippen LogP contribution in [0.2, 0.25) is 0 Å². The molecule has 5 heteroatoms. The lowest BCUT2D eigenvalue weighted by atomic mass is 9.99. The first-order valence-electron chi connectivity index (χ1n) is 6.48. The molecule has 0 radical (unpaired) electrons. The Morgan fingerprint density at radius 2 is 2.17 bits per heavy atom. The molecule has 0 spiro atoms. The number of nitrogens with one attached hydrogen (secondary N) is 1. The number of rotatable bonds is 4. The van der Waals surface area contributed by atoms with E-state index < -0.39 is 11.9 Å². The van der Waals surface area contributed by atoms with E-state index in [4.69, 9.17) is 5.11 Å². The van der Waals surface area contributed by atoms with Crippen molar-refractivity contribution >= 4 is 22.4 Å². The number of aryl methyl sites for hydroxylation is 1. The van der Waals surface area contributed by atoms with Crippen LogP contribution in [-0.4, -0.2) is 21.6 Å². The van der Waals surface area contributed by atoms with E-state index in [1.54, 1.807) is 11.3 Å². The van der Waals surface area contributed by atoms with Crippen molar-refractivity contribution in [3.8, 4) is 0 Å². The van der Waals surface area contributed by atoms with Crippen LogP contribution in [0.4, 0.5) is 5.13 Å². The second-order valence-electron chi connectivity index (χ2n) is 5.88. The molecule has 1 aromatic heterocycles. The summed E-state index contributed by atoms with van der Waals surface area (Å²) in [6.07, 6.45) is 4.12. The lowest BCUT2D eigenvalue weighted by Gasteiger charge is -2.25. The van der Waals surface area contributed by atoms with E-state index in [0.717, 1.165) is 28.0 Å². The Labute approximate surface area is 110 Å². The van der Waals surface area contributed by atoms with Gasteiger partial charge in [0.05, 0.1) is 5.69 Å². The van der Waals surface area contributed by atoms with Gasteiger partial charge in [0.25, 0.3) is 0 Å². The van der Waals surface area contributed by atoms with Crippen LogP contribution < -0.4 is 5.32 Å². The van der Waals surface area contributed by atoms with Crippen molar-refractivity contribution in [1.82, 2.24) is 4.98 Å². The zero-order valence-electron chi connectivity index (χ0n) is 10.7. The Balaban J connectivity index is 1.80. The average Bonchev–Trinajstić information content (AvgIpc) is 2.95. The molecule has 0 aliphatic heterocycles. The van der Waals surface area contributed by atoms with Gasteiger partial charge in [-0.1, -0.05) is 0 Å². The number of aromatic nitrogens is 1. The van der Waals surface area contributed by atoms with Gasteiger partial charge in [0, 0.05) is 10.4 Å². The normalized spacial score (nSPS) is 22.9. The molecule has 98 valence electrons. The molecule has 1 heterocycles. The van der Waals surface area contributed by atoms with E-state index in [-0.39, 0.29) is 5.54 Å². The lowest BCUT2D eigenvalue weighted by Crippen LogP contribution is -2.33. The van der Waals surface area contributed by atoms with Crippen LogP contribution in [0.5, 0.6) is 0 Å². The molecule has 1 unspecified atom stereocenters. The minimum Gasteiger partial charge on any atom is -0.481 e. The van der Waals surface area contributed by atoms with Crippen molar-refractivity contribution in [1.29, 1.82) is 0 Å². The van der Waals surface area contributed by atoms with Crippen LogP contribution in [0.1, 0.15) is 49.6 Å². The number of hydrogen-bond donors (Lipinski definition) is 2. The topological polar surface area (TPSA) is 62.2 Å². The van der Waals surface area contributed by atoms with Crippen molar-refractivity contribution in [2.45, 2.75) is 51.0 Å². The Morgan fingerprint density at radius 1 is 1.44 bits per heavy atom. The summed E-state index contributed by atoms with van der Waals surface area (Å²) in [4.78, 5) is 16.8. The molecule has 2 aliphatic carbocycles. The first-order chi connectivity index (χ1) is 8.47. The van der Waals surface area contributed by atoms with E-state index in [0.29, 0.717) is 6.42 Å². The van der Waals surface area contributed by atoms with Gasteiger partial charge in [0.15, 0.2) is 5.13 Å². The molecular formula is C13H18N2O2S. The molecule has 1 saturated carbocycles. The van der Waals surface area contributed by atoms with Crippen LogP contribution in [0.15, 0.2) is 0 Å². The lowest BCUT2D eigenvalue weighted by molar-refractivity contribution is -0.138. The van der Waals surface area contributed by atoms with Crippen LogP contribution in [0.25, 0.3) is 0 Å². The van der Waals surface area contributed by atoms with Gasteiger partial charge < -0.3 is 10.4 Å². The molecule has 2 N–H and O–H groups in total. The predicted octanol–water partition coefficient (Wildman–Crippen LogP) is 2.86. The average molecular weight is 266 g/mol. The quantitative estimate of drug-likeness (QED) is 0.879. The third kappa shape index (κ3) is 2.00. The number of carboxylic acid groups (broad SMARTS) is 1. The monoisotopic (exact) mass is 266 g/mol. The fourth-order valence-corrected chi connectivity index (χ4v) is 3.91. The van der Waals surface area contributed by atoms with Gasteiger partial charge in [0.2, 0.25) is 0 Å². The highest BCUT2D eigenvalue weighted by Gasteiger charge is 2.39. The van der Waals surface area contributed by atoms with E-state index in [2.05, 4.69) is 24.1 Å². The van der Waals surface area contributed by atoms with E-state index >= 15 is 0 Å². The van der Waals surface area contributed by atoms with E-state index in [9.17, 15) is 4.79 Å². The molecule has 3 rings (SSSR count). The van der Waals surface area contributed by atoms with E-state index in [1.165, 1.54) is 12.8 Å². The van der Waals surface area contributed by atoms with Crippen molar-refractivity contribution in [3.63, 3.8) is 0 Å². The van der Waals surface area contributed by atoms with Crippen LogP contribution >= 0.6 is 11.3 Å². The minimum atomic E-state index is -0.743. The SMILES string of the molecule is CC(C)(Nc1nc2c(s1)CCC2C(=O)O)C1CC1. The van der Waals surface area contributed by atoms with Gasteiger partial charge in [-0.05, 0) is 45.4 Å². The van der Waals surface area contributed by atoms with Gasteiger partial charge >= 0.3 is 5.97 Å². The van der Waals surface area contributed by atoms with Crippen molar-refractivity contribution in [2.24, 2.45) is 5.92 Å². The van der Waals surface area contributed by atoms with Gasteiger partial charge in [-0.15, -0.1) is 11.3 Å². The summed E-state index contributed by atoms with van der Waals surface area (Å²) in [6.45, 7) is 4.40.